The molecule has 4 atom stereocenters. The Balaban J connectivity index is 1.03. The third-order valence-electron chi connectivity index (χ3n) is 12.6. The highest BCUT2D eigenvalue weighted by Gasteiger charge is 2.59. The fourth-order valence-electron chi connectivity index (χ4n) is 10.5. The number of aryl methyl sites for hydroxylation is 1. The fourth-order valence-corrected chi connectivity index (χ4v) is 10.5. The zero-order valence-electron chi connectivity index (χ0n) is 29.6. The van der Waals surface area contributed by atoms with E-state index in [4.69, 9.17) is 15.0 Å². The standard InChI is InChI=1S/C49H43N3/c1-2-40-38(39-20-9-10-22-41(39)49(40)42-23-11-18-34-28-29-35-19-12-24-43(49)46(35)45(34)42)21-13-25-44-50-47(36-16-7-4-8-17-36)52-48(51-44)37-30-26-33(27-31-37)32-14-5-3-6-15-32/h2-8,11,13-18,21,23-24,26,28-31,33,39,41H,1,9-10,12,19-20,22,25,27H2/b21-13-. The maximum absolute atomic E-state index is 5.09. The number of nitrogens with zero attached hydrogens (tertiary/aromatic N) is 3. The molecule has 5 aliphatic rings. The molecule has 0 N–H and O–H groups in total. The summed E-state index contributed by atoms with van der Waals surface area (Å²) >= 11 is 0. The minimum absolute atomic E-state index is 0.122. The summed E-state index contributed by atoms with van der Waals surface area (Å²) in [6.07, 6.45) is 25.2. The first-order valence-electron chi connectivity index (χ1n) is 19.3. The largest absolute Gasteiger partial charge is 0.213 e. The summed E-state index contributed by atoms with van der Waals surface area (Å²) in [5.41, 5.74) is 12.3. The second-order valence-corrected chi connectivity index (χ2v) is 15.2. The van der Waals surface area contributed by atoms with Gasteiger partial charge < -0.3 is 0 Å². The van der Waals surface area contributed by atoms with Crippen molar-refractivity contribution in [2.45, 2.75) is 62.7 Å². The maximum Gasteiger partial charge on any atom is 0.163 e. The minimum Gasteiger partial charge on any atom is -0.213 e. The molecule has 0 bridgehead atoms. The molecule has 0 saturated heterocycles. The molecule has 10 rings (SSSR count). The van der Waals surface area contributed by atoms with Crippen molar-refractivity contribution in [1.29, 1.82) is 0 Å². The number of hydrogen-bond acceptors (Lipinski definition) is 3. The van der Waals surface area contributed by atoms with Crippen molar-refractivity contribution < 1.29 is 0 Å². The summed E-state index contributed by atoms with van der Waals surface area (Å²) in [6.45, 7) is 4.54. The Hall–Kier alpha value is -5.41. The number of hydrogen-bond donors (Lipinski definition) is 0. The number of aromatic nitrogens is 3. The van der Waals surface area contributed by atoms with E-state index in [0.29, 0.717) is 24.2 Å². The molecular formula is C49H43N3. The van der Waals surface area contributed by atoms with Crippen molar-refractivity contribution in [2.75, 3.05) is 0 Å². The number of allylic oxidation sites excluding steroid dienone is 11. The third-order valence-corrected chi connectivity index (χ3v) is 12.6. The van der Waals surface area contributed by atoms with E-state index in [-0.39, 0.29) is 5.41 Å². The molecule has 3 heteroatoms. The van der Waals surface area contributed by atoms with Crippen LogP contribution in [0.2, 0.25) is 0 Å². The zero-order valence-corrected chi connectivity index (χ0v) is 29.6. The number of benzene rings is 4. The van der Waals surface area contributed by atoms with Crippen molar-refractivity contribution in [1.82, 2.24) is 15.0 Å². The summed E-state index contributed by atoms with van der Waals surface area (Å²) in [5, 5.41) is 2.87. The van der Waals surface area contributed by atoms with Gasteiger partial charge in [0.15, 0.2) is 11.6 Å². The summed E-state index contributed by atoms with van der Waals surface area (Å²) in [4.78, 5) is 15.1. The highest BCUT2D eigenvalue weighted by Crippen LogP contribution is 2.68. The van der Waals surface area contributed by atoms with E-state index < -0.39 is 0 Å². The quantitative estimate of drug-likeness (QED) is 0.173. The molecule has 3 nitrogen and oxygen atoms in total. The number of fused-ring (bicyclic) bond motifs is 4. The van der Waals surface area contributed by atoms with Crippen molar-refractivity contribution in [3.05, 3.63) is 185 Å². The molecule has 1 fully saturated rings. The topological polar surface area (TPSA) is 38.7 Å². The van der Waals surface area contributed by atoms with Crippen LogP contribution in [0.4, 0.5) is 0 Å². The lowest BCUT2D eigenvalue weighted by molar-refractivity contribution is 0.245. The highest BCUT2D eigenvalue weighted by atomic mass is 15.0. The van der Waals surface area contributed by atoms with Crippen LogP contribution in [0.15, 0.2) is 151 Å². The van der Waals surface area contributed by atoms with Crippen LogP contribution >= 0.6 is 0 Å². The first-order valence-corrected chi connectivity index (χ1v) is 19.3. The zero-order chi connectivity index (χ0) is 34.6. The summed E-state index contributed by atoms with van der Waals surface area (Å²) < 4.78 is 0. The van der Waals surface area contributed by atoms with Crippen molar-refractivity contribution in [3.63, 3.8) is 0 Å². The summed E-state index contributed by atoms with van der Waals surface area (Å²) in [5.74, 6) is 3.69. The lowest BCUT2D eigenvalue weighted by atomic mass is 9.60. The molecule has 4 aromatic carbocycles. The van der Waals surface area contributed by atoms with Crippen LogP contribution in [0.1, 0.15) is 78.3 Å². The Labute approximate surface area is 307 Å². The predicted octanol–water partition coefficient (Wildman–Crippen LogP) is 11.5. The molecule has 254 valence electrons. The van der Waals surface area contributed by atoms with Gasteiger partial charge >= 0.3 is 0 Å². The predicted molar refractivity (Wildman–Crippen MR) is 214 cm³/mol. The normalized spacial score (nSPS) is 24.4. The smallest absolute Gasteiger partial charge is 0.163 e. The van der Waals surface area contributed by atoms with Gasteiger partial charge in [-0.2, -0.15) is 0 Å². The van der Waals surface area contributed by atoms with E-state index in [1.54, 1.807) is 5.57 Å². The lowest BCUT2D eigenvalue weighted by Gasteiger charge is -2.42. The molecule has 5 aliphatic carbocycles. The lowest BCUT2D eigenvalue weighted by Crippen LogP contribution is -2.36. The van der Waals surface area contributed by atoms with E-state index in [2.05, 4.69) is 134 Å². The van der Waals surface area contributed by atoms with Gasteiger partial charge in [0, 0.05) is 28.9 Å². The van der Waals surface area contributed by atoms with Gasteiger partial charge in [-0.3, -0.25) is 0 Å². The molecule has 0 amide bonds. The molecule has 4 unspecified atom stereocenters. The van der Waals surface area contributed by atoms with Gasteiger partial charge in [0.1, 0.15) is 5.82 Å². The van der Waals surface area contributed by atoms with Gasteiger partial charge in [-0.15, -0.1) is 0 Å². The van der Waals surface area contributed by atoms with E-state index in [1.807, 2.05) is 6.07 Å². The van der Waals surface area contributed by atoms with E-state index >= 15 is 0 Å². The van der Waals surface area contributed by atoms with E-state index in [0.717, 1.165) is 47.9 Å². The van der Waals surface area contributed by atoms with Crippen LogP contribution in [0.25, 0.3) is 33.3 Å². The van der Waals surface area contributed by atoms with Gasteiger partial charge in [0.05, 0.1) is 0 Å². The second kappa shape index (κ2) is 12.7. The van der Waals surface area contributed by atoms with E-state index in [9.17, 15) is 0 Å². The van der Waals surface area contributed by atoms with Gasteiger partial charge in [-0.1, -0.05) is 153 Å². The van der Waals surface area contributed by atoms with E-state index in [1.165, 1.54) is 69.9 Å². The molecule has 5 aromatic rings. The number of rotatable bonds is 7. The van der Waals surface area contributed by atoms with Crippen molar-refractivity contribution in [2.24, 2.45) is 11.8 Å². The Morgan fingerprint density at radius 3 is 2.46 bits per heavy atom. The first-order chi connectivity index (χ1) is 25.7. The van der Waals surface area contributed by atoms with Gasteiger partial charge in [-0.25, -0.2) is 15.0 Å². The summed E-state index contributed by atoms with van der Waals surface area (Å²) in [7, 11) is 0. The molecule has 0 aliphatic heterocycles. The molecular weight excluding hydrogens is 631 g/mol. The van der Waals surface area contributed by atoms with Crippen LogP contribution in [-0.2, 0) is 18.3 Å². The molecule has 1 aromatic heterocycles. The Morgan fingerprint density at radius 1 is 0.808 bits per heavy atom. The third kappa shape index (κ3) is 4.82. The molecule has 1 heterocycles. The monoisotopic (exact) mass is 673 g/mol. The molecule has 1 spiro atoms. The average Bonchev–Trinajstić information content (AvgIpc) is 3.68. The SMILES string of the molecule is C=CC1=C(/C=C\Cc2nc(C3=CCC(c4ccccc4)C=C3)nc(-c3ccccc3)n2)C2CCCCC2C12C1=CCCc3ccc4cccc2c4c31. The van der Waals surface area contributed by atoms with Crippen molar-refractivity contribution >= 4 is 21.9 Å². The van der Waals surface area contributed by atoms with Gasteiger partial charge in [0.25, 0.3) is 0 Å². The van der Waals surface area contributed by atoms with Crippen LogP contribution in [-0.4, -0.2) is 15.0 Å². The van der Waals surface area contributed by atoms with Gasteiger partial charge in [-0.05, 0) is 93.7 Å². The molecule has 0 radical (unpaired) electrons. The average molecular weight is 674 g/mol. The molecule has 52 heavy (non-hydrogen) atoms. The highest BCUT2D eigenvalue weighted by molar-refractivity contribution is 6.09. The van der Waals surface area contributed by atoms with Crippen LogP contribution in [0.3, 0.4) is 0 Å². The van der Waals surface area contributed by atoms with Gasteiger partial charge in [0.2, 0.25) is 0 Å². The minimum atomic E-state index is -0.122. The Bertz CT molecular complexity index is 2390. The summed E-state index contributed by atoms with van der Waals surface area (Å²) in [6, 6.07) is 32.8. The van der Waals surface area contributed by atoms with Crippen LogP contribution in [0, 0.1) is 11.8 Å². The van der Waals surface area contributed by atoms with Crippen LogP contribution in [0.5, 0.6) is 0 Å². The molecule has 1 saturated carbocycles. The van der Waals surface area contributed by atoms with Crippen molar-refractivity contribution in [3.8, 4) is 11.4 Å². The second-order valence-electron chi connectivity index (χ2n) is 15.2. The van der Waals surface area contributed by atoms with Crippen LogP contribution < -0.4 is 0 Å². The Kier molecular flexibility index (Phi) is 7.63. The first kappa shape index (κ1) is 31.3. The fraction of sp³-hybridized carbons (Fsp3) is 0.245. The maximum atomic E-state index is 5.09. The Morgan fingerprint density at radius 2 is 1.63 bits per heavy atom.